The minimum atomic E-state index is -1.33. The molecule has 0 aromatic heterocycles. The van der Waals surface area contributed by atoms with E-state index < -0.39 is 35.3 Å². The minimum Gasteiger partial charge on any atom is -0.390 e. The normalized spacial score (nSPS) is 17.5. The largest absolute Gasteiger partial charge is 0.390 e. The Morgan fingerprint density at radius 1 is 1.25 bits per heavy atom. The molecule has 1 aliphatic heterocycles. The minimum absolute atomic E-state index is 0.0246. The van der Waals surface area contributed by atoms with Gasteiger partial charge in [0.1, 0.15) is 5.82 Å². The number of amides is 2. The number of hydrogen-bond donors (Lipinski definition) is 3. The van der Waals surface area contributed by atoms with Gasteiger partial charge in [-0.1, -0.05) is 6.92 Å². The molecule has 1 fully saturated rings. The molecule has 1 saturated heterocycles. The van der Waals surface area contributed by atoms with Gasteiger partial charge in [-0.05, 0) is 31.8 Å². The average molecular weight is 345 g/mol. The van der Waals surface area contributed by atoms with Crippen LogP contribution in [0.4, 0.5) is 23.7 Å². The molecule has 0 aliphatic carbocycles. The number of aliphatic hydroxyl groups excluding tert-OH is 1. The lowest BCUT2D eigenvalue weighted by atomic mass is 9.99. The molecule has 1 aromatic rings. The van der Waals surface area contributed by atoms with E-state index in [1.54, 1.807) is 0 Å². The van der Waals surface area contributed by atoms with Crippen LogP contribution in [0.2, 0.25) is 0 Å². The van der Waals surface area contributed by atoms with Gasteiger partial charge in [0.15, 0.2) is 11.6 Å². The van der Waals surface area contributed by atoms with Crippen molar-refractivity contribution in [2.24, 2.45) is 5.92 Å². The quantitative estimate of drug-likeness (QED) is 0.718. The van der Waals surface area contributed by atoms with Gasteiger partial charge in [-0.2, -0.15) is 0 Å². The summed E-state index contributed by atoms with van der Waals surface area (Å²) in [4.78, 5) is 13.8. The first kappa shape index (κ1) is 18.5. The fraction of sp³-hybridized carbons (Fsp3) is 0.562. The summed E-state index contributed by atoms with van der Waals surface area (Å²) < 4.78 is 39.3. The standard InChI is InChI=1S/C16H22F3N3O2/c1-10-2-4-22(5-3-10)9-11(23)8-20-16(24)21-15-7-13(18)12(17)6-14(15)19/h6-7,10-11,23H,2-5,8-9H2,1H3,(H2,20,21,24). The molecular formula is C16H22F3N3O2. The Morgan fingerprint density at radius 3 is 2.54 bits per heavy atom. The summed E-state index contributed by atoms with van der Waals surface area (Å²) in [5.41, 5.74) is -0.467. The zero-order valence-corrected chi connectivity index (χ0v) is 13.5. The first-order valence-corrected chi connectivity index (χ1v) is 7.95. The van der Waals surface area contributed by atoms with Gasteiger partial charge in [-0.3, -0.25) is 0 Å². The number of benzene rings is 1. The van der Waals surface area contributed by atoms with Crippen molar-refractivity contribution >= 4 is 11.7 Å². The number of aliphatic hydroxyl groups is 1. The number of β-amino-alcohol motifs (C(OH)–C–C–N with tert-alkyl or cyclic N) is 1. The molecule has 2 amide bonds. The van der Waals surface area contributed by atoms with Crippen LogP contribution in [0.15, 0.2) is 12.1 Å². The van der Waals surface area contributed by atoms with Crippen LogP contribution in [0.25, 0.3) is 0 Å². The monoisotopic (exact) mass is 345 g/mol. The van der Waals surface area contributed by atoms with Crippen LogP contribution in [0.1, 0.15) is 19.8 Å². The van der Waals surface area contributed by atoms with E-state index in [4.69, 9.17) is 0 Å². The van der Waals surface area contributed by atoms with Gasteiger partial charge in [-0.15, -0.1) is 0 Å². The summed E-state index contributed by atoms with van der Waals surface area (Å²) in [6.07, 6.45) is 1.39. The number of halogens is 3. The highest BCUT2D eigenvalue weighted by atomic mass is 19.2. The summed E-state index contributed by atoms with van der Waals surface area (Å²) in [6.45, 7) is 4.42. The van der Waals surface area contributed by atoms with Crippen LogP contribution in [0.3, 0.4) is 0 Å². The van der Waals surface area contributed by atoms with Crippen molar-refractivity contribution in [2.75, 3.05) is 31.5 Å². The lowest BCUT2D eigenvalue weighted by molar-refractivity contribution is 0.0924. The summed E-state index contributed by atoms with van der Waals surface area (Å²) in [5.74, 6) is -2.98. The Morgan fingerprint density at radius 2 is 1.88 bits per heavy atom. The molecule has 8 heteroatoms. The Balaban J connectivity index is 1.75. The molecule has 1 unspecified atom stereocenters. The van der Waals surface area contributed by atoms with E-state index in [-0.39, 0.29) is 6.54 Å². The summed E-state index contributed by atoms with van der Waals surface area (Å²) in [7, 11) is 0. The van der Waals surface area contributed by atoms with Crippen molar-refractivity contribution in [3.8, 4) is 0 Å². The van der Waals surface area contributed by atoms with Crippen molar-refractivity contribution in [1.29, 1.82) is 0 Å². The van der Waals surface area contributed by atoms with Crippen LogP contribution < -0.4 is 10.6 Å². The number of nitrogens with one attached hydrogen (secondary N) is 2. The zero-order chi connectivity index (χ0) is 17.7. The summed E-state index contributed by atoms with van der Waals surface area (Å²) >= 11 is 0. The van der Waals surface area contributed by atoms with Crippen LogP contribution in [-0.2, 0) is 0 Å². The average Bonchev–Trinajstić information content (AvgIpc) is 2.53. The third-order valence-electron chi connectivity index (χ3n) is 4.10. The second-order valence-corrected chi connectivity index (χ2v) is 6.22. The van der Waals surface area contributed by atoms with E-state index in [0.29, 0.717) is 24.6 Å². The smallest absolute Gasteiger partial charge is 0.319 e. The topological polar surface area (TPSA) is 64.6 Å². The molecule has 2 rings (SSSR count). The molecule has 24 heavy (non-hydrogen) atoms. The maximum absolute atomic E-state index is 13.4. The molecular weight excluding hydrogens is 323 g/mol. The predicted molar refractivity (Wildman–Crippen MR) is 84.2 cm³/mol. The van der Waals surface area contributed by atoms with E-state index in [0.717, 1.165) is 25.9 Å². The number of urea groups is 1. The highest BCUT2D eigenvalue weighted by molar-refractivity contribution is 5.89. The van der Waals surface area contributed by atoms with Crippen molar-refractivity contribution < 1.29 is 23.1 Å². The van der Waals surface area contributed by atoms with Crippen LogP contribution in [-0.4, -0.2) is 48.3 Å². The number of anilines is 1. The van der Waals surface area contributed by atoms with E-state index >= 15 is 0 Å². The van der Waals surface area contributed by atoms with Gasteiger partial charge >= 0.3 is 6.03 Å². The fourth-order valence-electron chi connectivity index (χ4n) is 2.60. The van der Waals surface area contributed by atoms with Gasteiger partial charge in [0.25, 0.3) is 0 Å². The first-order valence-electron chi connectivity index (χ1n) is 7.95. The van der Waals surface area contributed by atoms with Crippen molar-refractivity contribution in [1.82, 2.24) is 10.2 Å². The molecule has 0 bridgehead atoms. The molecule has 0 spiro atoms. The zero-order valence-electron chi connectivity index (χ0n) is 13.5. The molecule has 0 radical (unpaired) electrons. The van der Waals surface area contributed by atoms with E-state index in [1.807, 2.05) is 0 Å². The Labute approximate surface area is 138 Å². The van der Waals surface area contributed by atoms with Crippen molar-refractivity contribution in [2.45, 2.75) is 25.9 Å². The fourth-order valence-corrected chi connectivity index (χ4v) is 2.60. The van der Waals surface area contributed by atoms with Gasteiger partial charge in [-0.25, -0.2) is 18.0 Å². The molecule has 5 nitrogen and oxygen atoms in total. The molecule has 134 valence electrons. The van der Waals surface area contributed by atoms with Crippen LogP contribution in [0.5, 0.6) is 0 Å². The Kier molecular flexibility index (Phi) is 6.44. The molecule has 1 aliphatic rings. The highest BCUT2D eigenvalue weighted by Gasteiger charge is 2.19. The molecule has 1 aromatic carbocycles. The van der Waals surface area contributed by atoms with Gasteiger partial charge in [0.05, 0.1) is 11.8 Å². The van der Waals surface area contributed by atoms with Gasteiger partial charge < -0.3 is 20.6 Å². The van der Waals surface area contributed by atoms with E-state index in [9.17, 15) is 23.1 Å². The van der Waals surface area contributed by atoms with Crippen molar-refractivity contribution in [3.63, 3.8) is 0 Å². The molecule has 3 N–H and O–H groups in total. The molecule has 1 atom stereocenters. The van der Waals surface area contributed by atoms with Gasteiger partial charge in [0.2, 0.25) is 0 Å². The second-order valence-electron chi connectivity index (χ2n) is 6.22. The summed E-state index contributed by atoms with van der Waals surface area (Å²) in [6, 6.07) is 0.124. The maximum Gasteiger partial charge on any atom is 0.319 e. The van der Waals surface area contributed by atoms with Crippen molar-refractivity contribution in [3.05, 3.63) is 29.6 Å². The lowest BCUT2D eigenvalue weighted by Gasteiger charge is -2.31. The molecule has 1 heterocycles. The number of carbonyl (C=O) groups excluding carboxylic acids is 1. The lowest BCUT2D eigenvalue weighted by Crippen LogP contribution is -2.43. The van der Waals surface area contributed by atoms with E-state index in [2.05, 4.69) is 22.5 Å². The first-order chi connectivity index (χ1) is 11.3. The Bertz CT molecular complexity index is 578. The maximum atomic E-state index is 13.4. The van der Waals surface area contributed by atoms with Gasteiger partial charge in [0, 0.05) is 25.2 Å². The van der Waals surface area contributed by atoms with Crippen LogP contribution in [0, 0.1) is 23.4 Å². The number of likely N-dealkylation sites (tertiary alicyclic amines) is 1. The number of rotatable bonds is 5. The van der Waals surface area contributed by atoms with E-state index in [1.165, 1.54) is 0 Å². The highest BCUT2D eigenvalue weighted by Crippen LogP contribution is 2.18. The third kappa shape index (κ3) is 5.38. The predicted octanol–water partition coefficient (Wildman–Crippen LogP) is 2.32. The summed E-state index contributed by atoms with van der Waals surface area (Å²) in [5, 5.41) is 14.4. The Hall–Kier alpha value is -1.80. The second kappa shape index (κ2) is 8.34. The SMILES string of the molecule is CC1CCN(CC(O)CNC(=O)Nc2cc(F)c(F)cc2F)CC1. The number of hydrogen-bond acceptors (Lipinski definition) is 3. The third-order valence-corrected chi connectivity index (χ3v) is 4.10. The number of carbonyl (C=O) groups is 1. The molecule has 0 saturated carbocycles. The van der Waals surface area contributed by atoms with Crippen LogP contribution >= 0.6 is 0 Å². The number of nitrogens with zero attached hydrogens (tertiary/aromatic N) is 1. The number of piperidine rings is 1.